The van der Waals surface area contributed by atoms with Crippen molar-refractivity contribution in [1.29, 1.82) is 5.26 Å². The Bertz CT molecular complexity index is 1750. The molecular formula is C35H40ClF3N6O3. The Morgan fingerprint density at radius 3 is 2.38 bits per heavy atom. The molecule has 2 heterocycles. The van der Waals surface area contributed by atoms with Gasteiger partial charge in [0.2, 0.25) is 5.95 Å². The lowest BCUT2D eigenvalue weighted by molar-refractivity contribution is -0.190. The normalized spacial score (nSPS) is 16.5. The maximum atomic E-state index is 13.7. The standard InChI is InChI=1S/C35H40ClF3N6O3/c1-21(2)16-25(18-40)31(47)43-15-7-8-27(20-43)45-29-14-9-23(19-44(22(3)34(4,5)6)32(48)35(37,38)39)17-28(29)41-33(45)42-30(46)24-10-12-26(36)13-11-24/h9-14,16-17,21-22,27H,7-8,15,19-20H2,1-6H3,(H,41,42,46)/t22-,27?/m0/s1. The molecule has 9 nitrogen and oxygen atoms in total. The van der Waals surface area contributed by atoms with Crippen molar-refractivity contribution in [2.24, 2.45) is 11.3 Å². The molecule has 0 aliphatic carbocycles. The molecule has 0 bridgehead atoms. The van der Waals surface area contributed by atoms with Gasteiger partial charge in [-0.25, -0.2) is 4.98 Å². The van der Waals surface area contributed by atoms with Crippen molar-refractivity contribution in [3.8, 4) is 6.07 Å². The summed E-state index contributed by atoms with van der Waals surface area (Å²) < 4.78 is 42.8. The van der Waals surface area contributed by atoms with E-state index >= 15 is 0 Å². The van der Waals surface area contributed by atoms with Gasteiger partial charge in [-0.2, -0.15) is 18.4 Å². The number of halogens is 4. The van der Waals surface area contributed by atoms with E-state index in [0.717, 1.165) is 4.90 Å². The number of carbonyl (C=O) groups excluding carboxylic acids is 3. The highest BCUT2D eigenvalue weighted by molar-refractivity contribution is 6.30. The minimum atomic E-state index is -5.05. The average Bonchev–Trinajstić information content (AvgIpc) is 3.37. The van der Waals surface area contributed by atoms with Gasteiger partial charge in [0.15, 0.2) is 0 Å². The number of carbonyl (C=O) groups is 3. The first-order valence-corrected chi connectivity index (χ1v) is 16.1. The number of rotatable bonds is 8. The fourth-order valence-corrected chi connectivity index (χ4v) is 5.82. The molecular weight excluding hydrogens is 645 g/mol. The number of nitrogens with zero attached hydrogens (tertiary/aromatic N) is 5. The van der Waals surface area contributed by atoms with Gasteiger partial charge in [-0.15, -0.1) is 0 Å². The Labute approximate surface area is 283 Å². The molecule has 1 unspecified atom stereocenters. The zero-order valence-electron chi connectivity index (χ0n) is 27.9. The van der Waals surface area contributed by atoms with Gasteiger partial charge in [0, 0.05) is 36.3 Å². The second-order valence-corrected chi connectivity index (χ2v) is 14.0. The molecule has 1 fully saturated rings. The third kappa shape index (κ3) is 8.37. The lowest BCUT2D eigenvalue weighted by Crippen LogP contribution is -2.50. The number of likely N-dealkylation sites (tertiary alicyclic amines) is 1. The second-order valence-electron chi connectivity index (χ2n) is 13.5. The number of imidazole rings is 1. The molecule has 256 valence electrons. The van der Waals surface area contributed by atoms with E-state index in [1.54, 1.807) is 81.1 Å². The van der Waals surface area contributed by atoms with Gasteiger partial charge >= 0.3 is 12.1 Å². The van der Waals surface area contributed by atoms with Crippen LogP contribution in [-0.2, 0) is 16.1 Å². The molecule has 1 saturated heterocycles. The van der Waals surface area contributed by atoms with Gasteiger partial charge in [-0.05, 0) is 73.1 Å². The molecule has 48 heavy (non-hydrogen) atoms. The van der Waals surface area contributed by atoms with Crippen LogP contribution in [0.25, 0.3) is 11.0 Å². The van der Waals surface area contributed by atoms with Crippen molar-refractivity contribution in [3.05, 3.63) is 70.3 Å². The number of fused-ring (bicyclic) bond motifs is 1. The molecule has 0 saturated carbocycles. The number of aromatic nitrogens is 2. The number of nitrogens with one attached hydrogen (secondary N) is 1. The van der Waals surface area contributed by atoms with Crippen LogP contribution in [0.15, 0.2) is 54.1 Å². The van der Waals surface area contributed by atoms with Gasteiger partial charge < -0.3 is 14.4 Å². The van der Waals surface area contributed by atoms with Gasteiger partial charge in [0.25, 0.3) is 11.8 Å². The summed E-state index contributed by atoms with van der Waals surface area (Å²) in [4.78, 5) is 46.3. The summed E-state index contributed by atoms with van der Waals surface area (Å²) in [5.41, 5.74) is 1.15. The van der Waals surface area contributed by atoms with E-state index in [0.29, 0.717) is 46.6 Å². The lowest BCUT2D eigenvalue weighted by atomic mass is 9.86. The second kappa shape index (κ2) is 14.4. The minimum absolute atomic E-state index is 0.000561. The molecule has 1 aliphatic rings. The quantitative estimate of drug-likeness (QED) is 0.195. The van der Waals surface area contributed by atoms with Crippen LogP contribution in [0, 0.1) is 22.7 Å². The highest BCUT2D eigenvalue weighted by Gasteiger charge is 2.45. The van der Waals surface area contributed by atoms with Crippen molar-refractivity contribution in [3.63, 3.8) is 0 Å². The Morgan fingerprint density at radius 2 is 1.79 bits per heavy atom. The zero-order valence-corrected chi connectivity index (χ0v) is 28.6. The molecule has 3 aromatic rings. The van der Waals surface area contributed by atoms with Gasteiger partial charge in [-0.1, -0.05) is 58.4 Å². The number of amides is 3. The first kappa shape index (κ1) is 36.5. The summed E-state index contributed by atoms with van der Waals surface area (Å²) >= 11 is 6.00. The van der Waals surface area contributed by atoms with Crippen LogP contribution in [0.1, 0.15) is 76.3 Å². The number of allylic oxidation sites excluding steroid dienone is 1. The molecule has 2 atom stereocenters. The number of hydrogen-bond acceptors (Lipinski definition) is 5. The van der Waals surface area contributed by atoms with E-state index in [4.69, 9.17) is 16.6 Å². The molecule has 4 rings (SSSR count). The van der Waals surface area contributed by atoms with Crippen LogP contribution < -0.4 is 5.32 Å². The van der Waals surface area contributed by atoms with Crippen LogP contribution in [0.4, 0.5) is 19.1 Å². The first-order chi connectivity index (χ1) is 22.4. The molecule has 3 amide bonds. The highest BCUT2D eigenvalue weighted by atomic mass is 35.5. The Hall–Kier alpha value is -4.37. The summed E-state index contributed by atoms with van der Waals surface area (Å²) in [7, 11) is 0. The molecule has 0 radical (unpaired) electrons. The summed E-state index contributed by atoms with van der Waals surface area (Å²) in [5.74, 6) is -2.58. The van der Waals surface area contributed by atoms with Gasteiger partial charge in [-0.3, -0.25) is 19.7 Å². The maximum absolute atomic E-state index is 13.7. The van der Waals surface area contributed by atoms with Crippen molar-refractivity contribution in [1.82, 2.24) is 19.4 Å². The number of hydrogen-bond donors (Lipinski definition) is 1. The molecule has 13 heteroatoms. The number of benzene rings is 2. The van der Waals surface area contributed by atoms with Crippen LogP contribution in [0.2, 0.25) is 5.02 Å². The fourth-order valence-electron chi connectivity index (χ4n) is 5.70. The van der Waals surface area contributed by atoms with E-state index < -0.39 is 29.4 Å². The predicted octanol–water partition coefficient (Wildman–Crippen LogP) is 7.54. The molecule has 1 aromatic heterocycles. The third-order valence-electron chi connectivity index (χ3n) is 8.56. The van der Waals surface area contributed by atoms with Crippen molar-refractivity contribution in [2.45, 2.75) is 79.2 Å². The largest absolute Gasteiger partial charge is 0.471 e. The van der Waals surface area contributed by atoms with E-state index in [1.807, 2.05) is 24.5 Å². The third-order valence-corrected chi connectivity index (χ3v) is 8.81. The number of anilines is 1. The summed E-state index contributed by atoms with van der Waals surface area (Å²) in [6.07, 6.45) is -2.17. The Balaban J connectivity index is 1.76. The average molecular weight is 685 g/mol. The summed E-state index contributed by atoms with van der Waals surface area (Å²) in [5, 5.41) is 13.0. The SMILES string of the molecule is CC(C)C=C(C#N)C(=O)N1CCCC(n2c(NC(=O)c3ccc(Cl)cc3)nc3cc(CN(C(=O)C(F)(F)F)[C@@H](C)C(C)(C)C)ccc32)C1. The smallest absolute Gasteiger partial charge is 0.336 e. The van der Waals surface area contributed by atoms with Crippen molar-refractivity contribution < 1.29 is 27.6 Å². The minimum Gasteiger partial charge on any atom is -0.336 e. The van der Waals surface area contributed by atoms with E-state index in [-0.39, 0.29) is 42.5 Å². The van der Waals surface area contributed by atoms with Gasteiger partial charge in [0.1, 0.15) is 11.6 Å². The number of piperidine rings is 1. The predicted molar refractivity (Wildman–Crippen MR) is 178 cm³/mol. The highest BCUT2D eigenvalue weighted by Crippen LogP contribution is 2.34. The van der Waals surface area contributed by atoms with E-state index in [2.05, 4.69) is 5.32 Å². The molecule has 0 spiro atoms. The van der Waals surface area contributed by atoms with Crippen LogP contribution >= 0.6 is 11.6 Å². The van der Waals surface area contributed by atoms with Crippen LogP contribution in [-0.4, -0.2) is 62.4 Å². The first-order valence-electron chi connectivity index (χ1n) is 15.8. The zero-order chi connectivity index (χ0) is 35.6. The van der Waals surface area contributed by atoms with Crippen LogP contribution in [0.5, 0.6) is 0 Å². The Kier molecular flexibility index (Phi) is 10.9. The molecule has 1 aliphatic heterocycles. The monoisotopic (exact) mass is 684 g/mol. The maximum Gasteiger partial charge on any atom is 0.471 e. The Morgan fingerprint density at radius 1 is 1.12 bits per heavy atom. The van der Waals surface area contributed by atoms with Crippen molar-refractivity contribution in [2.75, 3.05) is 18.4 Å². The van der Waals surface area contributed by atoms with E-state index in [9.17, 15) is 32.8 Å². The van der Waals surface area contributed by atoms with E-state index in [1.165, 1.54) is 0 Å². The molecule has 1 N–H and O–H groups in total. The number of alkyl halides is 3. The van der Waals surface area contributed by atoms with Crippen molar-refractivity contribution >= 4 is 46.3 Å². The molecule has 2 aromatic carbocycles. The fraction of sp³-hybridized carbons (Fsp3) is 0.457. The summed E-state index contributed by atoms with van der Waals surface area (Å²) in [6.45, 7) is 11.0. The van der Waals surface area contributed by atoms with Gasteiger partial charge in [0.05, 0.1) is 17.1 Å². The topological polar surface area (TPSA) is 111 Å². The summed E-state index contributed by atoms with van der Waals surface area (Å²) in [6, 6.07) is 12.2. The number of nitriles is 1. The lowest BCUT2D eigenvalue weighted by Gasteiger charge is -2.38. The van der Waals surface area contributed by atoms with Crippen LogP contribution in [0.3, 0.4) is 0 Å².